The fourth-order valence-corrected chi connectivity index (χ4v) is 4.19. The summed E-state index contributed by atoms with van der Waals surface area (Å²) in [5.41, 5.74) is 0. The molecule has 118 valence electrons. The fraction of sp³-hybridized carbons (Fsp3) is 1.00. The maximum Gasteiger partial charge on any atom is 0.0166 e. The third-order valence-corrected chi connectivity index (χ3v) is 5.31. The Balaban J connectivity index is 1.91. The summed E-state index contributed by atoms with van der Waals surface area (Å²) in [5.74, 6) is 0. The topological polar surface area (TPSA) is 15.3 Å². The summed E-state index contributed by atoms with van der Waals surface area (Å²) < 4.78 is 0. The average molecular weight is 280 g/mol. The van der Waals surface area contributed by atoms with Crippen LogP contribution in [0.2, 0.25) is 0 Å². The molecule has 1 N–H and O–H groups in total. The van der Waals surface area contributed by atoms with E-state index >= 15 is 0 Å². The molecule has 1 unspecified atom stereocenters. The molecule has 2 rings (SSSR count). The maximum absolute atomic E-state index is 3.70. The molecule has 0 spiro atoms. The van der Waals surface area contributed by atoms with Crippen molar-refractivity contribution in [2.45, 2.75) is 103 Å². The zero-order chi connectivity index (χ0) is 14.2. The predicted octanol–water partition coefficient (Wildman–Crippen LogP) is 4.34. The maximum atomic E-state index is 3.70. The molecule has 0 aliphatic heterocycles. The Hall–Kier alpha value is -0.0800. The lowest BCUT2D eigenvalue weighted by Gasteiger charge is -2.43. The van der Waals surface area contributed by atoms with Gasteiger partial charge < -0.3 is 5.32 Å². The van der Waals surface area contributed by atoms with Crippen LogP contribution in [-0.2, 0) is 0 Å². The Kier molecular flexibility index (Phi) is 7.37. The van der Waals surface area contributed by atoms with E-state index in [9.17, 15) is 0 Å². The first kappa shape index (κ1) is 16.3. The van der Waals surface area contributed by atoms with E-state index in [2.05, 4.69) is 24.1 Å². The lowest BCUT2D eigenvalue weighted by Crippen LogP contribution is -2.50. The summed E-state index contributed by atoms with van der Waals surface area (Å²) in [6.45, 7) is 7.09. The molecule has 2 nitrogen and oxygen atoms in total. The number of hydrogen-bond acceptors (Lipinski definition) is 2. The van der Waals surface area contributed by atoms with Gasteiger partial charge in [0.15, 0.2) is 0 Å². The third-order valence-electron chi connectivity index (χ3n) is 5.31. The van der Waals surface area contributed by atoms with Gasteiger partial charge in [-0.2, -0.15) is 0 Å². The summed E-state index contributed by atoms with van der Waals surface area (Å²) >= 11 is 0. The van der Waals surface area contributed by atoms with Crippen LogP contribution < -0.4 is 5.32 Å². The minimum absolute atomic E-state index is 0.652. The van der Waals surface area contributed by atoms with Crippen LogP contribution in [0, 0.1) is 0 Å². The second kappa shape index (κ2) is 9.04. The molecule has 20 heavy (non-hydrogen) atoms. The summed E-state index contributed by atoms with van der Waals surface area (Å²) in [6.07, 6.45) is 15.9. The molecule has 2 aliphatic rings. The summed E-state index contributed by atoms with van der Waals surface area (Å²) in [5, 5.41) is 3.70. The van der Waals surface area contributed by atoms with Gasteiger partial charge in [0.1, 0.15) is 0 Å². The molecule has 0 aromatic heterocycles. The zero-order valence-corrected chi connectivity index (χ0v) is 13.9. The van der Waals surface area contributed by atoms with Crippen molar-refractivity contribution in [3.63, 3.8) is 0 Å². The molecular weight excluding hydrogens is 244 g/mol. The van der Waals surface area contributed by atoms with Crippen LogP contribution in [-0.4, -0.2) is 36.1 Å². The van der Waals surface area contributed by atoms with Crippen molar-refractivity contribution in [3.05, 3.63) is 0 Å². The van der Waals surface area contributed by atoms with E-state index in [1.165, 1.54) is 83.7 Å². The van der Waals surface area contributed by atoms with Crippen LogP contribution in [0.3, 0.4) is 0 Å². The Morgan fingerprint density at radius 2 is 1.40 bits per heavy atom. The summed E-state index contributed by atoms with van der Waals surface area (Å²) in [7, 11) is 0. The summed E-state index contributed by atoms with van der Waals surface area (Å²) in [4.78, 5) is 2.92. The lowest BCUT2D eigenvalue weighted by molar-refractivity contribution is 0.0722. The SMILES string of the molecule is CCCNC(C)CN(C1CCCCC1)C1CCCCC1. The standard InChI is InChI=1S/C18H36N2/c1-3-14-19-16(2)15-20(17-10-6-4-7-11-17)18-12-8-5-9-13-18/h16-19H,3-15H2,1-2H3. The first-order valence-electron chi connectivity index (χ1n) is 9.30. The minimum Gasteiger partial charge on any atom is -0.313 e. The largest absolute Gasteiger partial charge is 0.313 e. The monoisotopic (exact) mass is 280 g/mol. The highest BCUT2D eigenvalue weighted by atomic mass is 15.2. The van der Waals surface area contributed by atoms with E-state index in [-0.39, 0.29) is 0 Å². The van der Waals surface area contributed by atoms with Crippen molar-refractivity contribution in [3.8, 4) is 0 Å². The van der Waals surface area contributed by atoms with Crippen LogP contribution in [0.15, 0.2) is 0 Å². The quantitative estimate of drug-likeness (QED) is 0.746. The van der Waals surface area contributed by atoms with E-state index in [1.807, 2.05) is 0 Å². The van der Waals surface area contributed by atoms with Crippen LogP contribution in [0.4, 0.5) is 0 Å². The van der Waals surface area contributed by atoms with Crippen molar-refractivity contribution in [2.75, 3.05) is 13.1 Å². The second-order valence-electron chi connectivity index (χ2n) is 7.14. The van der Waals surface area contributed by atoms with Gasteiger partial charge in [0.05, 0.1) is 0 Å². The van der Waals surface area contributed by atoms with Gasteiger partial charge in [-0.1, -0.05) is 45.4 Å². The molecular formula is C18H36N2. The second-order valence-corrected chi connectivity index (χ2v) is 7.14. The van der Waals surface area contributed by atoms with Crippen LogP contribution in [0.25, 0.3) is 0 Å². The van der Waals surface area contributed by atoms with Crippen LogP contribution in [0.5, 0.6) is 0 Å². The van der Waals surface area contributed by atoms with Gasteiger partial charge in [-0.25, -0.2) is 0 Å². The van der Waals surface area contributed by atoms with Gasteiger partial charge >= 0.3 is 0 Å². The number of rotatable bonds is 7. The third kappa shape index (κ3) is 5.04. The summed E-state index contributed by atoms with van der Waals surface area (Å²) in [6, 6.07) is 2.43. The molecule has 0 aromatic rings. The molecule has 0 radical (unpaired) electrons. The number of nitrogens with zero attached hydrogens (tertiary/aromatic N) is 1. The predicted molar refractivity (Wildman–Crippen MR) is 88.2 cm³/mol. The smallest absolute Gasteiger partial charge is 0.0166 e. The van der Waals surface area contributed by atoms with E-state index < -0.39 is 0 Å². The van der Waals surface area contributed by atoms with Gasteiger partial charge in [0, 0.05) is 24.7 Å². The first-order chi connectivity index (χ1) is 9.81. The Morgan fingerprint density at radius 3 is 1.85 bits per heavy atom. The van der Waals surface area contributed by atoms with Gasteiger partial charge in [0.2, 0.25) is 0 Å². The fourth-order valence-electron chi connectivity index (χ4n) is 4.19. The van der Waals surface area contributed by atoms with E-state index in [0.29, 0.717) is 6.04 Å². The molecule has 2 saturated carbocycles. The molecule has 0 heterocycles. The van der Waals surface area contributed by atoms with Gasteiger partial charge in [0.25, 0.3) is 0 Å². The first-order valence-corrected chi connectivity index (χ1v) is 9.30. The van der Waals surface area contributed by atoms with Crippen molar-refractivity contribution in [2.24, 2.45) is 0 Å². The van der Waals surface area contributed by atoms with Gasteiger partial charge in [-0.05, 0) is 45.6 Å². The van der Waals surface area contributed by atoms with Crippen LogP contribution in [0.1, 0.15) is 84.5 Å². The van der Waals surface area contributed by atoms with Crippen LogP contribution >= 0.6 is 0 Å². The molecule has 2 heteroatoms. The Morgan fingerprint density at radius 1 is 0.900 bits per heavy atom. The van der Waals surface area contributed by atoms with Gasteiger partial charge in [-0.3, -0.25) is 4.90 Å². The van der Waals surface area contributed by atoms with Crippen molar-refractivity contribution >= 4 is 0 Å². The molecule has 2 fully saturated rings. The van der Waals surface area contributed by atoms with Crippen molar-refractivity contribution in [1.29, 1.82) is 0 Å². The van der Waals surface area contributed by atoms with E-state index in [1.54, 1.807) is 0 Å². The normalized spacial score (nSPS) is 24.1. The lowest BCUT2D eigenvalue weighted by atomic mass is 9.88. The molecule has 0 aromatic carbocycles. The molecule has 0 bridgehead atoms. The van der Waals surface area contributed by atoms with Crippen molar-refractivity contribution in [1.82, 2.24) is 10.2 Å². The van der Waals surface area contributed by atoms with Crippen molar-refractivity contribution < 1.29 is 0 Å². The molecule has 0 saturated heterocycles. The number of hydrogen-bond donors (Lipinski definition) is 1. The highest BCUT2D eigenvalue weighted by Gasteiger charge is 2.29. The highest BCUT2D eigenvalue weighted by Crippen LogP contribution is 2.30. The van der Waals surface area contributed by atoms with Gasteiger partial charge in [-0.15, -0.1) is 0 Å². The molecule has 1 atom stereocenters. The van der Waals surface area contributed by atoms with E-state index in [4.69, 9.17) is 0 Å². The molecule has 2 aliphatic carbocycles. The zero-order valence-electron chi connectivity index (χ0n) is 13.9. The van der Waals surface area contributed by atoms with E-state index in [0.717, 1.165) is 12.1 Å². The Labute approximate surface area is 126 Å². The Bertz CT molecular complexity index is 224. The highest BCUT2D eigenvalue weighted by molar-refractivity contribution is 4.85. The average Bonchev–Trinajstić information content (AvgIpc) is 2.52. The molecule has 0 amide bonds. The number of nitrogens with one attached hydrogen (secondary N) is 1. The minimum atomic E-state index is 0.652.